The molecule has 0 heterocycles. The highest BCUT2D eigenvalue weighted by Crippen LogP contribution is 2.05. The van der Waals surface area contributed by atoms with Crippen molar-refractivity contribution in [2.45, 2.75) is 46.2 Å². The second-order valence-electron chi connectivity index (χ2n) is 3.89. The van der Waals surface area contributed by atoms with Crippen LogP contribution in [0.4, 0.5) is 0 Å². The first-order valence-corrected chi connectivity index (χ1v) is 5.66. The maximum absolute atomic E-state index is 11.6. The Balaban J connectivity index is 4.18. The number of amides is 1. The van der Waals surface area contributed by atoms with Gasteiger partial charge in [0.1, 0.15) is 6.04 Å². The average molecular weight is 230 g/mol. The first-order chi connectivity index (χ1) is 7.43. The standard InChI is InChI=1S/C11H22N2O3/c1-5-7(3)9(12)10(14)13-8(4)11(15)16-6-2/h7-9H,5-6,12H2,1-4H3,(H,13,14). The van der Waals surface area contributed by atoms with Gasteiger partial charge < -0.3 is 15.8 Å². The largest absolute Gasteiger partial charge is 0.464 e. The molecule has 0 fully saturated rings. The van der Waals surface area contributed by atoms with E-state index in [1.807, 2.05) is 13.8 Å². The molecule has 1 amide bonds. The molecule has 0 aliphatic rings. The summed E-state index contributed by atoms with van der Waals surface area (Å²) in [6.07, 6.45) is 0.822. The highest BCUT2D eigenvalue weighted by Gasteiger charge is 2.23. The Morgan fingerprint density at radius 2 is 1.88 bits per heavy atom. The summed E-state index contributed by atoms with van der Waals surface area (Å²) in [5.41, 5.74) is 5.73. The van der Waals surface area contributed by atoms with E-state index in [0.717, 1.165) is 6.42 Å². The van der Waals surface area contributed by atoms with Gasteiger partial charge in [-0.3, -0.25) is 4.79 Å². The van der Waals surface area contributed by atoms with Crippen molar-refractivity contribution in [3.05, 3.63) is 0 Å². The fourth-order valence-corrected chi connectivity index (χ4v) is 1.15. The predicted molar refractivity (Wildman–Crippen MR) is 61.7 cm³/mol. The number of esters is 1. The van der Waals surface area contributed by atoms with Crippen molar-refractivity contribution in [1.29, 1.82) is 0 Å². The van der Waals surface area contributed by atoms with Crippen LogP contribution in [0.15, 0.2) is 0 Å². The molecule has 0 aromatic carbocycles. The molecule has 94 valence electrons. The minimum Gasteiger partial charge on any atom is -0.464 e. The molecule has 0 spiro atoms. The Morgan fingerprint density at radius 3 is 2.31 bits per heavy atom. The zero-order valence-electron chi connectivity index (χ0n) is 10.4. The van der Waals surface area contributed by atoms with Crippen LogP contribution in [0.3, 0.4) is 0 Å². The number of ether oxygens (including phenoxy) is 1. The Morgan fingerprint density at radius 1 is 1.31 bits per heavy atom. The Kier molecular flexibility index (Phi) is 6.72. The van der Waals surface area contributed by atoms with Crippen molar-refractivity contribution in [3.8, 4) is 0 Å². The third kappa shape index (κ3) is 4.61. The molecule has 0 saturated carbocycles. The lowest BCUT2D eigenvalue weighted by atomic mass is 9.99. The van der Waals surface area contributed by atoms with Crippen molar-refractivity contribution in [3.63, 3.8) is 0 Å². The molecule has 0 aromatic rings. The van der Waals surface area contributed by atoms with Crippen LogP contribution in [0.2, 0.25) is 0 Å². The molecule has 3 unspecified atom stereocenters. The zero-order valence-corrected chi connectivity index (χ0v) is 10.4. The summed E-state index contributed by atoms with van der Waals surface area (Å²) in [5.74, 6) is -0.656. The van der Waals surface area contributed by atoms with Gasteiger partial charge in [-0.15, -0.1) is 0 Å². The maximum Gasteiger partial charge on any atom is 0.328 e. The van der Waals surface area contributed by atoms with Gasteiger partial charge in [0, 0.05) is 0 Å². The predicted octanol–water partition coefficient (Wildman–Crippen LogP) is 0.428. The highest BCUT2D eigenvalue weighted by atomic mass is 16.5. The normalized spacial score (nSPS) is 16.1. The van der Waals surface area contributed by atoms with Gasteiger partial charge in [-0.1, -0.05) is 20.3 Å². The lowest BCUT2D eigenvalue weighted by Gasteiger charge is -2.20. The molecule has 0 radical (unpaired) electrons. The van der Waals surface area contributed by atoms with Crippen LogP contribution in [0.5, 0.6) is 0 Å². The maximum atomic E-state index is 11.6. The van der Waals surface area contributed by atoms with E-state index in [1.54, 1.807) is 13.8 Å². The molecular formula is C11H22N2O3. The van der Waals surface area contributed by atoms with Crippen LogP contribution < -0.4 is 11.1 Å². The molecule has 0 saturated heterocycles. The number of carbonyl (C=O) groups excluding carboxylic acids is 2. The van der Waals surface area contributed by atoms with Gasteiger partial charge in [0.2, 0.25) is 5.91 Å². The van der Waals surface area contributed by atoms with Crippen molar-refractivity contribution >= 4 is 11.9 Å². The first-order valence-electron chi connectivity index (χ1n) is 5.66. The molecule has 0 bridgehead atoms. The van der Waals surface area contributed by atoms with Gasteiger partial charge in [-0.2, -0.15) is 0 Å². The van der Waals surface area contributed by atoms with Crippen molar-refractivity contribution in [1.82, 2.24) is 5.32 Å². The molecule has 5 nitrogen and oxygen atoms in total. The van der Waals surface area contributed by atoms with Crippen molar-refractivity contribution in [2.75, 3.05) is 6.61 Å². The first kappa shape index (κ1) is 14.9. The summed E-state index contributed by atoms with van der Waals surface area (Å²) in [5, 5.41) is 2.54. The smallest absolute Gasteiger partial charge is 0.328 e. The van der Waals surface area contributed by atoms with Gasteiger partial charge >= 0.3 is 5.97 Å². The Labute approximate surface area is 96.7 Å². The van der Waals surface area contributed by atoms with Gasteiger partial charge in [0.25, 0.3) is 0 Å². The molecule has 0 aromatic heterocycles. The van der Waals surface area contributed by atoms with E-state index in [0.29, 0.717) is 6.61 Å². The van der Waals surface area contributed by atoms with E-state index < -0.39 is 18.1 Å². The number of carbonyl (C=O) groups is 2. The molecular weight excluding hydrogens is 208 g/mol. The van der Waals surface area contributed by atoms with Gasteiger partial charge in [0.05, 0.1) is 12.6 Å². The molecule has 0 aliphatic heterocycles. The molecule has 3 atom stereocenters. The van der Waals surface area contributed by atoms with Gasteiger partial charge in [0.15, 0.2) is 0 Å². The quantitative estimate of drug-likeness (QED) is 0.648. The summed E-state index contributed by atoms with van der Waals surface area (Å²) >= 11 is 0. The number of nitrogens with two attached hydrogens (primary N) is 1. The second-order valence-corrected chi connectivity index (χ2v) is 3.89. The Hall–Kier alpha value is -1.10. The number of hydrogen-bond donors (Lipinski definition) is 2. The van der Waals surface area contributed by atoms with Crippen LogP contribution >= 0.6 is 0 Å². The number of rotatable bonds is 6. The van der Waals surface area contributed by atoms with Gasteiger partial charge in [-0.25, -0.2) is 4.79 Å². The molecule has 0 aliphatic carbocycles. The molecule has 0 rings (SSSR count). The third-order valence-corrected chi connectivity index (χ3v) is 2.56. The van der Waals surface area contributed by atoms with E-state index in [9.17, 15) is 9.59 Å². The van der Waals surface area contributed by atoms with E-state index in [1.165, 1.54) is 0 Å². The van der Waals surface area contributed by atoms with Crippen LogP contribution in [0.25, 0.3) is 0 Å². The lowest BCUT2D eigenvalue weighted by molar-refractivity contribution is -0.147. The van der Waals surface area contributed by atoms with E-state index in [2.05, 4.69) is 5.32 Å². The van der Waals surface area contributed by atoms with Crippen molar-refractivity contribution < 1.29 is 14.3 Å². The summed E-state index contributed by atoms with van der Waals surface area (Å²) in [4.78, 5) is 22.9. The molecule has 5 heteroatoms. The van der Waals surface area contributed by atoms with Gasteiger partial charge in [-0.05, 0) is 19.8 Å². The monoisotopic (exact) mass is 230 g/mol. The van der Waals surface area contributed by atoms with Crippen LogP contribution in [-0.2, 0) is 14.3 Å². The van der Waals surface area contributed by atoms with Crippen molar-refractivity contribution in [2.24, 2.45) is 11.7 Å². The average Bonchev–Trinajstić information content (AvgIpc) is 2.26. The summed E-state index contributed by atoms with van der Waals surface area (Å²) in [6, 6.07) is -1.23. The van der Waals surface area contributed by atoms with E-state index >= 15 is 0 Å². The SMILES string of the molecule is CCOC(=O)C(C)NC(=O)C(N)C(C)CC. The number of nitrogens with one attached hydrogen (secondary N) is 1. The lowest BCUT2D eigenvalue weighted by Crippen LogP contribution is -2.50. The van der Waals surface area contributed by atoms with E-state index in [-0.39, 0.29) is 11.8 Å². The van der Waals surface area contributed by atoms with Crippen LogP contribution in [0.1, 0.15) is 34.1 Å². The molecule has 16 heavy (non-hydrogen) atoms. The minimum absolute atomic E-state index is 0.0920. The number of hydrogen-bond acceptors (Lipinski definition) is 4. The second kappa shape index (κ2) is 7.22. The van der Waals surface area contributed by atoms with Crippen LogP contribution in [0, 0.1) is 5.92 Å². The summed E-state index contributed by atoms with van der Waals surface area (Å²) < 4.78 is 4.78. The fraction of sp³-hybridized carbons (Fsp3) is 0.818. The highest BCUT2D eigenvalue weighted by molar-refractivity contribution is 5.87. The topological polar surface area (TPSA) is 81.4 Å². The van der Waals surface area contributed by atoms with Crippen LogP contribution in [-0.4, -0.2) is 30.6 Å². The summed E-state index contributed by atoms with van der Waals surface area (Å²) in [6.45, 7) is 7.47. The minimum atomic E-state index is -0.650. The molecule has 3 N–H and O–H groups in total. The Bertz CT molecular complexity index is 243. The third-order valence-electron chi connectivity index (χ3n) is 2.56. The van der Waals surface area contributed by atoms with E-state index in [4.69, 9.17) is 10.5 Å². The fourth-order valence-electron chi connectivity index (χ4n) is 1.15. The zero-order chi connectivity index (χ0) is 12.7. The summed E-state index contributed by atoms with van der Waals surface area (Å²) in [7, 11) is 0.